The van der Waals surface area contributed by atoms with E-state index in [1.165, 1.54) is 13.8 Å². The van der Waals surface area contributed by atoms with Crippen molar-refractivity contribution in [3.05, 3.63) is 0 Å². The Morgan fingerprint density at radius 1 is 1.35 bits per heavy atom. The summed E-state index contributed by atoms with van der Waals surface area (Å²) in [5.41, 5.74) is -1.18. The Balaban J connectivity index is 2.76. The minimum absolute atomic E-state index is 0.279. The summed E-state index contributed by atoms with van der Waals surface area (Å²) in [6.45, 7) is 3.88. The summed E-state index contributed by atoms with van der Waals surface area (Å²) in [5, 5.41) is 2.60. The largest absolute Gasteiger partial charge is 0.522 e. The number of nitrogens with one attached hydrogen (secondary N) is 1. The first-order chi connectivity index (χ1) is 9.09. The first-order valence-electron chi connectivity index (χ1n) is 6.42. The van der Waals surface area contributed by atoms with Crippen LogP contribution in [0.5, 0.6) is 0 Å². The molecule has 0 bridgehead atoms. The minimum Gasteiger partial charge on any atom is -0.342 e. The Hall–Kier alpha value is -1.31. The zero-order valence-corrected chi connectivity index (χ0v) is 11.7. The van der Waals surface area contributed by atoms with Crippen LogP contribution in [0.2, 0.25) is 0 Å². The third-order valence-corrected chi connectivity index (χ3v) is 3.26. The van der Waals surface area contributed by atoms with Gasteiger partial charge in [0.05, 0.1) is 6.61 Å². The second kappa shape index (κ2) is 5.99. The van der Waals surface area contributed by atoms with Crippen molar-refractivity contribution in [3.8, 4) is 0 Å². The van der Waals surface area contributed by atoms with Gasteiger partial charge >= 0.3 is 6.36 Å². The van der Waals surface area contributed by atoms with Gasteiger partial charge in [0.25, 0.3) is 0 Å². The molecular formula is C12H19F3N2O3. The fourth-order valence-electron chi connectivity index (χ4n) is 2.11. The van der Waals surface area contributed by atoms with Crippen molar-refractivity contribution >= 4 is 11.8 Å². The van der Waals surface area contributed by atoms with Crippen LogP contribution in [0.1, 0.15) is 33.6 Å². The Bertz CT molecular complexity index is 383. The van der Waals surface area contributed by atoms with E-state index in [1.807, 2.05) is 6.92 Å². The second-order valence-electron chi connectivity index (χ2n) is 5.16. The van der Waals surface area contributed by atoms with Crippen LogP contribution < -0.4 is 5.32 Å². The van der Waals surface area contributed by atoms with Crippen molar-refractivity contribution in [3.63, 3.8) is 0 Å². The highest BCUT2D eigenvalue weighted by molar-refractivity contribution is 5.99. The monoisotopic (exact) mass is 296 g/mol. The predicted octanol–water partition coefficient (Wildman–Crippen LogP) is 1.43. The van der Waals surface area contributed by atoms with E-state index in [-0.39, 0.29) is 18.4 Å². The van der Waals surface area contributed by atoms with Gasteiger partial charge in [-0.1, -0.05) is 13.3 Å². The zero-order valence-electron chi connectivity index (χ0n) is 11.7. The molecule has 0 spiro atoms. The van der Waals surface area contributed by atoms with Gasteiger partial charge in [-0.15, -0.1) is 13.2 Å². The van der Waals surface area contributed by atoms with E-state index in [4.69, 9.17) is 0 Å². The summed E-state index contributed by atoms with van der Waals surface area (Å²) in [7, 11) is 0. The number of halogens is 3. The van der Waals surface area contributed by atoms with Gasteiger partial charge in [0.2, 0.25) is 11.8 Å². The molecule has 8 heteroatoms. The Labute approximate surface area is 115 Å². The standard InChI is InChI=1S/C12H19F3N2O3/c1-4-5-8-9(18)17(6-7-20-12(13,14)15)11(2,3)10(19)16-8/h8H,4-7H2,1-3H3,(H,16,19). The zero-order chi connectivity index (χ0) is 15.6. The molecule has 0 saturated carbocycles. The summed E-state index contributed by atoms with van der Waals surface area (Å²) in [4.78, 5) is 25.3. The van der Waals surface area contributed by atoms with Gasteiger partial charge < -0.3 is 10.2 Å². The van der Waals surface area contributed by atoms with E-state index >= 15 is 0 Å². The molecule has 0 aromatic carbocycles. The number of alkyl halides is 3. The van der Waals surface area contributed by atoms with Gasteiger partial charge in [-0.3, -0.25) is 14.3 Å². The highest BCUT2D eigenvalue weighted by Gasteiger charge is 2.46. The normalized spacial score (nSPS) is 22.9. The minimum atomic E-state index is -4.74. The van der Waals surface area contributed by atoms with Gasteiger partial charge in [-0.25, -0.2) is 0 Å². The van der Waals surface area contributed by atoms with Crippen LogP contribution >= 0.6 is 0 Å². The quantitative estimate of drug-likeness (QED) is 0.835. The number of nitrogens with zero attached hydrogens (tertiary/aromatic N) is 1. The molecule has 0 aromatic heterocycles. The molecule has 116 valence electrons. The number of rotatable bonds is 5. The van der Waals surface area contributed by atoms with Crippen molar-refractivity contribution in [1.29, 1.82) is 0 Å². The molecular weight excluding hydrogens is 277 g/mol. The average molecular weight is 296 g/mol. The maximum atomic E-state index is 12.2. The lowest BCUT2D eigenvalue weighted by Gasteiger charge is -2.44. The molecule has 1 rings (SSSR count). The van der Waals surface area contributed by atoms with Crippen molar-refractivity contribution in [2.75, 3.05) is 13.2 Å². The summed E-state index contributed by atoms with van der Waals surface area (Å²) >= 11 is 0. The molecule has 1 atom stereocenters. The lowest BCUT2D eigenvalue weighted by Crippen LogP contribution is -2.68. The predicted molar refractivity (Wildman–Crippen MR) is 64.6 cm³/mol. The van der Waals surface area contributed by atoms with E-state index in [1.54, 1.807) is 0 Å². The molecule has 1 saturated heterocycles. The molecule has 1 aliphatic rings. The summed E-state index contributed by atoms with van der Waals surface area (Å²) in [6, 6.07) is -0.675. The van der Waals surface area contributed by atoms with Crippen LogP contribution in [0.25, 0.3) is 0 Å². The molecule has 5 nitrogen and oxygen atoms in total. The number of carbonyl (C=O) groups is 2. The smallest absolute Gasteiger partial charge is 0.342 e. The Morgan fingerprint density at radius 3 is 2.45 bits per heavy atom. The van der Waals surface area contributed by atoms with Crippen LogP contribution in [0, 0.1) is 0 Å². The van der Waals surface area contributed by atoms with Crippen LogP contribution in [0.3, 0.4) is 0 Å². The first kappa shape index (κ1) is 16.7. The van der Waals surface area contributed by atoms with Crippen LogP contribution in [-0.2, 0) is 14.3 Å². The molecule has 1 unspecified atom stereocenters. The van der Waals surface area contributed by atoms with Gasteiger partial charge in [-0.2, -0.15) is 0 Å². The molecule has 2 amide bonds. The highest BCUT2D eigenvalue weighted by Crippen LogP contribution is 2.23. The lowest BCUT2D eigenvalue weighted by molar-refractivity contribution is -0.325. The van der Waals surface area contributed by atoms with E-state index in [2.05, 4.69) is 10.1 Å². The highest BCUT2D eigenvalue weighted by atomic mass is 19.4. The molecule has 1 heterocycles. The van der Waals surface area contributed by atoms with Gasteiger partial charge in [0, 0.05) is 6.54 Å². The Kier molecular flexibility index (Phi) is 5.01. The number of ether oxygens (including phenoxy) is 1. The third-order valence-electron chi connectivity index (χ3n) is 3.26. The molecule has 0 aromatic rings. The molecule has 1 fully saturated rings. The number of hydrogen-bond acceptors (Lipinski definition) is 3. The second-order valence-corrected chi connectivity index (χ2v) is 5.16. The maximum absolute atomic E-state index is 12.2. The van der Waals surface area contributed by atoms with E-state index in [0.29, 0.717) is 12.8 Å². The molecule has 0 radical (unpaired) electrons. The van der Waals surface area contributed by atoms with Crippen LogP contribution in [0.4, 0.5) is 13.2 Å². The summed E-state index contributed by atoms with van der Waals surface area (Å²) < 4.78 is 39.6. The van der Waals surface area contributed by atoms with Crippen molar-refractivity contribution in [2.45, 2.75) is 51.6 Å². The molecule has 1 aliphatic heterocycles. The number of amides is 2. The first-order valence-corrected chi connectivity index (χ1v) is 6.42. The van der Waals surface area contributed by atoms with Crippen molar-refractivity contribution in [2.24, 2.45) is 0 Å². The van der Waals surface area contributed by atoms with Crippen molar-refractivity contribution in [1.82, 2.24) is 10.2 Å². The summed E-state index contributed by atoms with van der Waals surface area (Å²) in [6.07, 6.45) is -3.60. The van der Waals surface area contributed by atoms with Gasteiger partial charge in [0.1, 0.15) is 11.6 Å². The number of carbonyl (C=O) groups excluding carboxylic acids is 2. The topological polar surface area (TPSA) is 58.6 Å². The SMILES string of the molecule is CCCC1NC(=O)C(C)(C)N(CCOC(F)(F)F)C1=O. The lowest BCUT2D eigenvalue weighted by atomic mass is 9.94. The number of piperazine rings is 1. The van der Waals surface area contributed by atoms with E-state index in [0.717, 1.165) is 4.90 Å². The van der Waals surface area contributed by atoms with Crippen LogP contribution in [0.15, 0.2) is 0 Å². The maximum Gasteiger partial charge on any atom is 0.522 e. The Morgan fingerprint density at radius 2 is 1.95 bits per heavy atom. The third kappa shape index (κ3) is 3.84. The van der Waals surface area contributed by atoms with Crippen LogP contribution in [-0.4, -0.2) is 47.8 Å². The average Bonchev–Trinajstić information content (AvgIpc) is 2.30. The van der Waals surface area contributed by atoms with Crippen molar-refractivity contribution < 1.29 is 27.5 Å². The number of hydrogen-bond donors (Lipinski definition) is 1. The van der Waals surface area contributed by atoms with Gasteiger partial charge in [0.15, 0.2) is 0 Å². The van der Waals surface area contributed by atoms with Gasteiger partial charge in [-0.05, 0) is 20.3 Å². The van der Waals surface area contributed by atoms with E-state index < -0.39 is 24.6 Å². The fourth-order valence-corrected chi connectivity index (χ4v) is 2.11. The molecule has 0 aliphatic carbocycles. The van der Waals surface area contributed by atoms with E-state index in [9.17, 15) is 22.8 Å². The molecule has 1 N–H and O–H groups in total. The fraction of sp³-hybridized carbons (Fsp3) is 0.833. The molecule has 20 heavy (non-hydrogen) atoms. The summed E-state index contributed by atoms with van der Waals surface area (Å²) in [5.74, 6) is -0.746.